The number of carbonyl (C=O) groups is 3. The van der Waals surface area contributed by atoms with Gasteiger partial charge in [-0.3, -0.25) is 14.4 Å². The molecule has 0 aliphatic carbocycles. The zero-order valence-electron chi connectivity index (χ0n) is 14.2. The average molecular weight is 314 g/mol. The van der Waals surface area contributed by atoms with Crippen LogP contribution in [0.5, 0.6) is 0 Å². The van der Waals surface area contributed by atoms with Gasteiger partial charge in [-0.25, -0.2) is 0 Å². The van der Waals surface area contributed by atoms with Crippen LogP contribution in [-0.4, -0.2) is 35.8 Å². The number of nitrogens with two attached hydrogens (primary N) is 2. The highest BCUT2D eigenvalue weighted by atomic mass is 16.2. The van der Waals surface area contributed by atoms with Crippen molar-refractivity contribution in [2.24, 2.45) is 23.3 Å². The minimum atomic E-state index is -0.789. The van der Waals surface area contributed by atoms with Gasteiger partial charge in [0.1, 0.15) is 12.1 Å². The first-order valence-corrected chi connectivity index (χ1v) is 7.70. The molecule has 6 N–H and O–H groups in total. The number of nitrogens with one attached hydrogen (secondary N) is 2. The van der Waals surface area contributed by atoms with Gasteiger partial charge in [-0.1, -0.05) is 27.7 Å². The van der Waals surface area contributed by atoms with Gasteiger partial charge in [-0.15, -0.1) is 0 Å². The molecule has 0 bridgehead atoms. The fraction of sp³-hybridized carbons (Fsp3) is 0.800. The van der Waals surface area contributed by atoms with Crippen molar-refractivity contribution in [1.29, 1.82) is 0 Å². The van der Waals surface area contributed by atoms with Crippen LogP contribution in [0.2, 0.25) is 0 Å². The van der Waals surface area contributed by atoms with Crippen LogP contribution >= 0.6 is 0 Å². The highest BCUT2D eigenvalue weighted by Gasteiger charge is 2.26. The number of rotatable bonds is 9. The molecule has 0 aliphatic rings. The Hall–Kier alpha value is -1.63. The summed E-state index contributed by atoms with van der Waals surface area (Å²) >= 11 is 0. The van der Waals surface area contributed by atoms with Crippen molar-refractivity contribution in [1.82, 2.24) is 10.6 Å². The third kappa shape index (κ3) is 7.97. The zero-order chi connectivity index (χ0) is 17.4. The van der Waals surface area contributed by atoms with E-state index in [9.17, 15) is 14.4 Å². The van der Waals surface area contributed by atoms with Crippen LogP contribution in [0.3, 0.4) is 0 Å². The Bertz CT molecular complexity index is 396. The van der Waals surface area contributed by atoms with Gasteiger partial charge in [0.05, 0.1) is 6.04 Å². The van der Waals surface area contributed by atoms with E-state index in [1.54, 1.807) is 0 Å². The van der Waals surface area contributed by atoms with Gasteiger partial charge in [0, 0.05) is 0 Å². The summed E-state index contributed by atoms with van der Waals surface area (Å²) in [5.74, 6) is -0.930. The predicted molar refractivity (Wildman–Crippen MR) is 85.6 cm³/mol. The Kier molecular flexibility index (Phi) is 8.70. The molecule has 0 spiro atoms. The Morgan fingerprint density at radius 3 is 1.77 bits per heavy atom. The first-order valence-electron chi connectivity index (χ1n) is 7.70. The summed E-state index contributed by atoms with van der Waals surface area (Å²) < 4.78 is 0. The van der Waals surface area contributed by atoms with E-state index in [4.69, 9.17) is 11.5 Å². The second kappa shape index (κ2) is 9.40. The lowest BCUT2D eigenvalue weighted by Crippen LogP contribution is -2.55. The summed E-state index contributed by atoms with van der Waals surface area (Å²) in [5, 5.41) is 5.17. The molecule has 0 saturated heterocycles. The number of carbonyl (C=O) groups excluding carboxylic acids is 3. The highest BCUT2D eigenvalue weighted by Crippen LogP contribution is 2.07. The van der Waals surface area contributed by atoms with Gasteiger partial charge in [-0.05, 0) is 31.6 Å². The van der Waals surface area contributed by atoms with Crippen LogP contribution < -0.4 is 22.1 Å². The largest absolute Gasteiger partial charge is 0.368 e. The second-order valence-corrected chi connectivity index (χ2v) is 6.56. The Labute approximate surface area is 132 Å². The number of hydrogen-bond acceptors (Lipinski definition) is 4. The topological polar surface area (TPSA) is 127 Å². The Balaban J connectivity index is 4.79. The Morgan fingerprint density at radius 2 is 1.36 bits per heavy atom. The molecule has 0 heterocycles. The van der Waals surface area contributed by atoms with E-state index in [0.29, 0.717) is 12.8 Å². The number of amides is 3. The molecule has 0 rings (SSSR count). The van der Waals surface area contributed by atoms with E-state index in [-0.39, 0.29) is 17.7 Å². The maximum Gasteiger partial charge on any atom is 0.243 e. The van der Waals surface area contributed by atoms with Crippen LogP contribution in [0.15, 0.2) is 0 Å². The van der Waals surface area contributed by atoms with Gasteiger partial charge in [-0.2, -0.15) is 0 Å². The van der Waals surface area contributed by atoms with Crippen molar-refractivity contribution in [3.8, 4) is 0 Å². The van der Waals surface area contributed by atoms with Gasteiger partial charge >= 0.3 is 0 Å². The molecule has 0 saturated carbocycles. The smallest absolute Gasteiger partial charge is 0.243 e. The Morgan fingerprint density at radius 1 is 0.864 bits per heavy atom. The molecule has 3 atom stereocenters. The molecule has 7 heteroatoms. The SMILES string of the molecule is CC(C)CC(N)C(=O)N[C@@H](CC(C)C)C(=O)N[C@@H](C)C(N)=O. The molecular weight excluding hydrogens is 284 g/mol. The van der Waals surface area contributed by atoms with E-state index in [2.05, 4.69) is 10.6 Å². The third-order valence-electron chi connectivity index (χ3n) is 3.19. The monoisotopic (exact) mass is 314 g/mol. The van der Waals surface area contributed by atoms with E-state index in [1.807, 2.05) is 27.7 Å². The van der Waals surface area contributed by atoms with E-state index in [0.717, 1.165) is 0 Å². The molecule has 0 aromatic heterocycles. The van der Waals surface area contributed by atoms with Crippen LogP contribution in [-0.2, 0) is 14.4 Å². The van der Waals surface area contributed by atoms with Gasteiger partial charge in [0.15, 0.2) is 0 Å². The number of primary amides is 1. The summed E-state index contributed by atoms with van der Waals surface area (Å²) in [6.07, 6.45) is 0.997. The molecule has 7 nitrogen and oxygen atoms in total. The van der Waals surface area contributed by atoms with Crippen LogP contribution in [0.1, 0.15) is 47.5 Å². The molecule has 3 amide bonds. The maximum atomic E-state index is 12.2. The first-order chi connectivity index (χ1) is 10.0. The second-order valence-electron chi connectivity index (χ2n) is 6.56. The first kappa shape index (κ1) is 20.4. The maximum absolute atomic E-state index is 12.2. The minimum absolute atomic E-state index is 0.196. The molecule has 1 unspecified atom stereocenters. The average Bonchev–Trinajstić information content (AvgIpc) is 2.35. The van der Waals surface area contributed by atoms with Gasteiger partial charge in [0.2, 0.25) is 17.7 Å². The lowest BCUT2D eigenvalue weighted by Gasteiger charge is -2.23. The lowest BCUT2D eigenvalue weighted by atomic mass is 10.0. The summed E-state index contributed by atoms with van der Waals surface area (Å²) in [7, 11) is 0. The molecule has 0 radical (unpaired) electrons. The molecule has 0 aromatic carbocycles. The van der Waals surface area contributed by atoms with Crippen LogP contribution in [0.25, 0.3) is 0 Å². The summed E-state index contributed by atoms with van der Waals surface area (Å²) in [6.45, 7) is 9.33. The fourth-order valence-electron chi connectivity index (χ4n) is 1.98. The van der Waals surface area contributed by atoms with Gasteiger partial charge in [0.25, 0.3) is 0 Å². The van der Waals surface area contributed by atoms with Crippen molar-refractivity contribution in [2.75, 3.05) is 0 Å². The van der Waals surface area contributed by atoms with E-state index in [1.165, 1.54) is 6.92 Å². The minimum Gasteiger partial charge on any atom is -0.368 e. The normalized spacial score (nSPS) is 15.3. The van der Waals surface area contributed by atoms with Gasteiger partial charge < -0.3 is 22.1 Å². The molecule has 128 valence electrons. The molecule has 0 fully saturated rings. The standard InChI is InChI=1S/C15H30N4O3/c1-8(2)6-11(16)14(21)19-12(7-9(3)4)15(22)18-10(5)13(17)20/h8-12H,6-7,16H2,1-5H3,(H2,17,20)(H,18,22)(H,19,21)/t10-,11?,12-/m0/s1. The van der Waals surface area contributed by atoms with E-state index >= 15 is 0 Å². The predicted octanol–water partition coefficient (Wildman–Crippen LogP) is -0.119. The highest BCUT2D eigenvalue weighted by molar-refractivity contribution is 5.92. The van der Waals surface area contributed by atoms with Crippen molar-refractivity contribution >= 4 is 17.7 Å². The molecule has 0 aromatic rings. The van der Waals surface area contributed by atoms with E-state index < -0.39 is 29.9 Å². The molecular formula is C15H30N4O3. The zero-order valence-corrected chi connectivity index (χ0v) is 14.2. The van der Waals surface area contributed by atoms with Crippen molar-refractivity contribution in [3.05, 3.63) is 0 Å². The lowest BCUT2D eigenvalue weighted by molar-refractivity contribution is -0.132. The summed E-state index contributed by atoms with van der Waals surface area (Å²) in [4.78, 5) is 35.3. The third-order valence-corrected chi connectivity index (χ3v) is 3.19. The molecule has 22 heavy (non-hydrogen) atoms. The quantitative estimate of drug-likeness (QED) is 0.473. The van der Waals surface area contributed by atoms with Crippen molar-refractivity contribution in [3.63, 3.8) is 0 Å². The van der Waals surface area contributed by atoms with Crippen LogP contribution in [0.4, 0.5) is 0 Å². The molecule has 0 aliphatic heterocycles. The van der Waals surface area contributed by atoms with Crippen LogP contribution in [0, 0.1) is 11.8 Å². The fourth-order valence-corrected chi connectivity index (χ4v) is 1.98. The van der Waals surface area contributed by atoms with Crippen molar-refractivity contribution < 1.29 is 14.4 Å². The number of hydrogen-bond donors (Lipinski definition) is 4. The summed E-state index contributed by atoms with van der Waals surface area (Å²) in [5.41, 5.74) is 11.0. The summed E-state index contributed by atoms with van der Waals surface area (Å²) in [6, 6.07) is -2.17. The van der Waals surface area contributed by atoms with Crippen molar-refractivity contribution in [2.45, 2.75) is 65.6 Å².